The van der Waals surface area contributed by atoms with Crippen molar-refractivity contribution in [3.8, 4) is 0 Å². The van der Waals surface area contributed by atoms with Crippen LogP contribution < -0.4 is 5.32 Å². The molecule has 2 rings (SSSR count). The molecule has 2 aromatic rings. The highest BCUT2D eigenvalue weighted by atomic mass is 16.5. The number of carbonyl (C=O) groups is 1. The molecule has 0 unspecified atom stereocenters. The van der Waals surface area contributed by atoms with Crippen molar-refractivity contribution in [1.29, 1.82) is 0 Å². The molecule has 0 radical (unpaired) electrons. The van der Waals surface area contributed by atoms with Crippen molar-refractivity contribution >= 4 is 17.5 Å². The fourth-order valence-electron chi connectivity index (χ4n) is 1.50. The monoisotopic (exact) mass is 277 g/mol. The molecule has 20 heavy (non-hydrogen) atoms. The van der Waals surface area contributed by atoms with Gasteiger partial charge in [-0.25, -0.2) is 4.79 Å². The maximum Gasteiger partial charge on any atom is 0.358 e. The van der Waals surface area contributed by atoms with Crippen LogP contribution >= 0.6 is 0 Å². The summed E-state index contributed by atoms with van der Waals surface area (Å²) in [5.74, 6) is 0.000352. The van der Waals surface area contributed by atoms with Gasteiger partial charge in [-0.2, -0.15) is 5.10 Å². The Balaban J connectivity index is 1.99. The Labute approximate surface area is 115 Å². The third-order valence-electron chi connectivity index (χ3n) is 2.49. The molecule has 2 aromatic heterocycles. The largest absolute Gasteiger partial charge is 0.464 e. The number of methoxy groups -OCH3 is 2. The van der Waals surface area contributed by atoms with E-state index in [1.54, 1.807) is 24.1 Å². The van der Waals surface area contributed by atoms with Gasteiger partial charge in [0, 0.05) is 13.3 Å². The molecular formula is C12H15N5O3. The number of esters is 1. The molecule has 8 nitrogen and oxygen atoms in total. The molecule has 8 heteroatoms. The quantitative estimate of drug-likeness (QED) is 0.782. The van der Waals surface area contributed by atoms with E-state index in [1.807, 2.05) is 6.20 Å². The Morgan fingerprint density at radius 3 is 2.85 bits per heavy atom. The number of nitrogens with one attached hydrogen (secondary N) is 1. The van der Waals surface area contributed by atoms with Gasteiger partial charge in [-0.15, -0.1) is 10.2 Å². The standard InChI is InChI=1S/C12H15N5O3/c1-19-6-5-17-8-9(7-13-17)14-11-4-3-10(15-16-11)12(18)20-2/h3-4,7-8H,5-6H2,1-2H3,(H,14,16). The first-order chi connectivity index (χ1) is 9.72. The fourth-order valence-corrected chi connectivity index (χ4v) is 1.50. The van der Waals surface area contributed by atoms with E-state index in [0.717, 1.165) is 5.69 Å². The normalized spacial score (nSPS) is 10.3. The van der Waals surface area contributed by atoms with Crippen LogP contribution in [0.2, 0.25) is 0 Å². The summed E-state index contributed by atoms with van der Waals surface area (Å²) in [6.07, 6.45) is 3.50. The molecule has 0 aliphatic rings. The van der Waals surface area contributed by atoms with Gasteiger partial charge >= 0.3 is 5.97 Å². The Kier molecular flexibility index (Phi) is 4.61. The summed E-state index contributed by atoms with van der Waals surface area (Å²) in [7, 11) is 2.94. The summed E-state index contributed by atoms with van der Waals surface area (Å²) >= 11 is 0. The molecular weight excluding hydrogens is 262 g/mol. The molecule has 0 spiro atoms. The van der Waals surface area contributed by atoms with Gasteiger partial charge in [0.2, 0.25) is 0 Å². The second-order valence-electron chi connectivity index (χ2n) is 3.91. The van der Waals surface area contributed by atoms with Gasteiger partial charge < -0.3 is 14.8 Å². The number of rotatable bonds is 6. The SMILES string of the molecule is COCCn1cc(Nc2ccc(C(=O)OC)nn2)cn1. The van der Waals surface area contributed by atoms with Crippen molar-refractivity contribution in [2.24, 2.45) is 0 Å². The predicted octanol–water partition coefficient (Wildman–Crippen LogP) is 0.850. The molecule has 0 fully saturated rings. The van der Waals surface area contributed by atoms with E-state index >= 15 is 0 Å². The zero-order chi connectivity index (χ0) is 14.4. The van der Waals surface area contributed by atoms with Crippen LogP contribution in [0.25, 0.3) is 0 Å². The van der Waals surface area contributed by atoms with Crippen LogP contribution in [-0.4, -0.2) is 46.8 Å². The zero-order valence-electron chi connectivity index (χ0n) is 11.2. The lowest BCUT2D eigenvalue weighted by molar-refractivity contribution is 0.0593. The van der Waals surface area contributed by atoms with E-state index in [-0.39, 0.29) is 5.69 Å². The van der Waals surface area contributed by atoms with Crippen molar-refractivity contribution in [2.45, 2.75) is 6.54 Å². The van der Waals surface area contributed by atoms with Gasteiger partial charge in [-0.1, -0.05) is 0 Å². The average molecular weight is 277 g/mol. The molecule has 0 saturated heterocycles. The van der Waals surface area contributed by atoms with E-state index in [2.05, 4.69) is 25.3 Å². The summed E-state index contributed by atoms with van der Waals surface area (Å²) in [4.78, 5) is 11.2. The van der Waals surface area contributed by atoms with E-state index in [1.165, 1.54) is 13.2 Å². The first-order valence-electron chi connectivity index (χ1n) is 5.93. The maximum absolute atomic E-state index is 11.2. The third-order valence-corrected chi connectivity index (χ3v) is 2.49. The Hall–Kier alpha value is -2.48. The van der Waals surface area contributed by atoms with E-state index in [9.17, 15) is 4.79 Å². The average Bonchev–Trinajstić information content (AvgIpc) is 2.92. The second-order valence-corrected chi connectivity index (χ2v) is 3.91. The number of hydrogen-bond acceptors (Lipinski definition) is 7. The van der Waals surface area contributed by atoms with Crippen LogP contribution in [0.5, 0.6) is 0 Å². The summed E-state index contributed by atoms with van der Waals surface area (Å²) in [5.41, 5.74) is 0.940. The Morgan fingerprint density at radius 2 is 2.20 bits per heavy atom. The lowest BCUT2D eigenvalue weighted by atomic mass is 10.4. The highest BCUT2D eigenvalue weighted by molar-refractivity contribution is 5.87. The molecule has 0 aliphatic carbocycles. The summed E-state index contributed by atoms with van der Waals surface area (Å²) < 4.78 is 11.3. The molecule has 0 bridgehead atoms. The van der Waals surface area contributed by atoms with Crippen molar-refractivity contribution in [3.05, 3.63) is 30.2 Å². The van der Waals surface area contributed by atoms with E-state index < -0.39 is 5.97 Å². The molecule has 1 N–H and O–H groups in total. The molecule has 0 atom stereocenters. The number of ether oxygens (including phenoxy) is 2. The number of anilines is 2. The molecule has 2 heterocycles. The summed E-state index contributed by atoms with van der Waals surface area (Å²) in [6, 6.07) is 3.18. The smallest absolute Gasteiger partial charge is 0.358 e. The number of carbonyl (C=O) groups excluding carboxylic acids is 1. The Morgan fingerprint density at radius 1 is 1.35 bits per heavy atom. The molecule has 0 aliphatic heterocycles. The topological polar surface area (TPSA) is 91.2 Å². The van der Waals surface area contributed by atoms with E-state index in [0.29, 0.717) is 19.0 Å². The lowest BCUT2D eigenvalue weighted by Crippen LogP contribution is -2.06. The van der Waals surface area contributed by atoms with Crippen LogP contribution in [0.3, 0.4) is 0 Å². The second kappa shape index (κ2) is 6.62. The van der Waals surface area contributed by atoms with Crippen molar-refractivity contribution in [2.75, 3.05) is 26.1 Å². The van der Waals surface area contributed by atoms with Crippen molar-refractivity contribution < 1.29 is 14.3 Å². The number of aromatic nitrogens is 4. The zero-order valence-corrected chi connectivity index (χ0v) is 11.2. The number of nitrogens with zero attached hydrogens (tertiary/aromatic N) is 4. The van der Waals surface area contributed by atoms with Crippen LogP contribution in [0.15, 0.2) is 24.5 Å². The molecule has 0 saturated carbocycles. The molecule has 106 valence electrons. The van der Waals surface area contributed by atoms with Crippen LogP contribution in [-0.2, 0) is 16.0 Å². The van der Waals surface area contributed by atoms with Crippen LogP contribution in [0.4, 0.5) is 11.5 Å². The summed E-state index contributed by atoms with van der Waals surface area (Å²) in [6.45, 7) is 1.26. The van der Waals surface area contributed by atoms with E-state index in [4.69, 9.17) is 4.74 Å². The Bertz CT molecular complexity index is 567. The minimum atomic E-state index is -0.517. The van der Waals surface area contributed by atoms with Gasteiger partial charge in [0.25, 0.3) is 0 Å². The first kappa shape index (κ1) is 13.9. The predicted molar refractivity (Wildman–Crippen MR) is 70.8 cm³/mol. The lowest BCUT2D eigenvalue weighted by Gasteiger charge is -2.02. The third kappa shape index (κ3) is 3.51. The molecule has 0 aromatic carbocycles. The fraction of sp³-hybridized carbons (Fsp3) is 0.333. The van der Waals surface area contributed by atoms with Gasteiger partial charge in [0.15, 0.2) is 11.5 Å². The molecule has 0 amide bonds. The minimum Gasteiger partial charge on any atom is -0.464 e. The minimum absolute atomic E-state index is 0.161. The van der Waals surface area contributed by atoms with Gasteiger partial charge in [-0.05, 0) is 12.1 Å². The van der Waals surface area contributed by atoms with Crippen LogP contribution in [0, 0.1) is 0 Å². The van der Waals surface area contributed by atoms with Gasteiger partial charge in [0.1, 0.15) is 0 Å². The highest BCUT2D eigenvalue weighted by Gasteiger charge is 2.08. The number of hydrogen-bond donors (Lipinski definition) is 1. The van der Waals surface area contributed by atoms with Gasteiger partial charge in [-0.3, -0.25) is 4.68 Å². The summed E-state index contributed by atoms with van der Waals surface area (Å²) in [5, 5.41) is 14.9. The van der Waals surface area contributed by atoms with Crippen LogP contribution in [0.1, 0.15) is 10.5 Å². The van der Waals surface area contributed by atoms with Gasteiger partial charge in [0.05, 0.1) is 32.1 Å². The highest BCUT2D eigenvalue weighted by Crippen LogP contribution is 2.12. The maximum atomic E-state index is 11.2. The van der Waals surface area contributed by atoms with Crippen molar-refractivity contribution in [3.63, 3.8) is 0 Å². The van der Waals surface area contributed by atoms with Crippen molar-refractivity contribution in [1.82, 2.24) is 20.0 Å². The first-order valence-corrected chi connectivity index (χ1v) is 5.93.